The SMILES string of the molecule is CC(C)n1cc(C(=O)O)c(C2CCN(C)CC2)n1. The summed E-state index contributed by atoms with van der Waals surface area (Å²) in [6.07, 6.45) is 3.65. The van der Waals surface area contributed by atoms with E-state index in [1.807, 2.05) is 13.8 Å². The van der Waals surface area contributed by atoms with Gasteiger partial charge in [-0.2, -0.15) is 5.10 Å². The maximum absolute atomic E-state index is 11.3. The summed E-state index contributed by atoms with van der Waals surface area (Å²) in [6.45, 7) is 6.05. The molecule has 0 bridgehead atoms. The van der Waals surface area contributed by atoms with Crippen molar-refractivity contribution in [3.63, 3.8) is 0 Å². The molecule has 1 aromatic rings. The van der Waals surface area contributed by atoms with Crippen LogP contribution in [0.25, 0.3) is 0 Å². The van der Waals surface area contributed by atoms with Gasteiger partial charge in [-0.05, 0) is 46.8 Å². The molecule has 5 nitrogen and oxygen atoms in total. The van der Waals surface area contributed by atoms with Crippen LogP contribution < -0.4 is 0 Å². The van der Waals surface area contributed by atoms with Gasteiger partial charge in [0.15, 0.2) is 0 Å². The molecule has 0 saturated carbocycles. The van der Waals surface area contributed by atoms with Crippen LogP contribution in [0, 0.1) is 0 Å². The number of rotatable bonds is 3. The molecule has 100 valence electrons. The van der Waals surface area contributed by atoms with E-state index in [1.54, 1.807) is 10.9 Å². The van der Waals surface area contributed by atoms with Crippen molar-refractivity contribution in [1.29, 1.82) is 0 Å². The second-order valence-electron chi connectivity index (χ2n) is 5.38. The quantitative estimate of drug-likeness (QED) is 0.892. The van der Waals surface area contributed by atoms with E-state index in [9.17, 15) is 9.90 Å². The number of aromatic nitrogens is 2. The molecular formula is C13H21N3O2. The summed E-state index contributed by atoms with van der Waals surface area (Å²) < 4.78 is 1.76. The summed E-state index contributed by atoms with van der Waals surface area (Å²) in [7, 11) is 2.10. The number of carboxylic acid groups (broad SMARTS) is 1. The van der Waals surface area contributed by atoms with Crippen LogP contribution in [0.5, 0.6) is 0 Å². The van der Waals surface area contributed by atoms with Crippen molar-refractivity contribution >= 4 is 5.97 Å². The number of nitrogens with zero attached hydrogens (tertiary/aromatic N) is 3. The second-order valence-corrected chi connectivity index (χ2v) is 5.38. The zero-order valence-electron chi connectivity index (χ0n) is 11.3. The van der Waals surface area contributed by atoms with Gasteiger partial charge in [0, 0.05) is 18.2 Å². The zero-order valence-corrected chi connectivity index (χ0v) is 11.3. The number of aromatic carboxylic acids is 1. The first-order valence-corrected chi connectivity index (χ1v) is 6.50. The van der Waals surface area contributed by atoms with Crippen LogP contribution >= 0.6 is 0 Å². The van der Waals surface area contributed by atoms with E-state index in [2.05, 4.69) is 17.0 Å². The van der Waals surface area contributed by atoms with E-state index in [1.165, 1.54) is 0 Å². The van der Waals surface area contributed by atoms with E-state index < -0.39 is 5.97 Å². The van der Waals surface area contributed by atoms with Crippen LogP contribution in [0.15, 0.2) is 6.20 Å². The highest BCUT2D eigenvalue weighted by Crippen LogP contribution is 2.29. The third-order valence-electron chi connectivity index (χ3n) is 3.63. The van der Waals surface area contributed by atoms with Crippen LogP contribution in [0.2, 0.25) is 0 Å². The highest BCUT2D eigenvalue weighted by Gasteiger charge is 2.26. The van der Waals surface area contributed by atoms with Crippen LogP contribution in [-0.2, 0) is 0 Å². The first-order chi connectivity index (χ1) is 8.49. The molecule has 1 N–H and O–H groups in total. The molecule has 0 spiro atoms. The van der Waals surface area contributed by atoms with Crippen LogP contribution in [-0.4, -0.2) is 45.9 Å². The van der Waals surface area contributed by atoms with Gasteiger partial charge in [-0.1, -0.05) is 0 Å². The molecule has 2 rings (SSSR count). The number of carboxylic acids is 1. The molecular weight excluding hydrogens is 230 g/mol. The Hall–Kier alpha value is -1.36. The van der Waals surface area contributed by atoms with Crippen molar-refractivity contribution in [1.82, 2.24) is 14.7 Å². The first-order valence-electron chi connectivity index (χ1n) is 6.50. The molecule has 1 aliphatic heterocycles. The molecule has 18 heavy (non-hydrogen) atoms. The smallest absolute Gasteiger partial charge is 0.339 e. The normalized spacial score (nSPS) is 18.4. The number of piperidine rings is 1. The molecule has 0 unspecified atom stereocenters. The monoisotopic (exact) mass is 251 g/mol. The second kappa shape index (κ2) is 5.10. The van der Waals surface area contributed by atoms with Gasteiger partial charge in [-0.3, -0.25) is 4.68 Å². The van der Waals surface area contributed by atoms with Gasteiger partial charge < -0.3 is 10.0 Å². The molecule has 1 fully saturated rings. The molecule has 0 atom stereocenters. The highest BCUT2D eigenvalue weighted by atomic mass is 16.4. The standard InChI is InChI=1S/C13H21N3O2/c1-9(2)16-8-11(13(17)18)12(14-16)10-4-6-15(3)7-5-10/h8-10H,4-7H2,1-3H3,(H,17,18). The lowest BCUT2D eigenvalue weighted by atomic mass is 9.92. The Morgan fingerprint density at radius 1 is 1.44 bits per heavy atom. The lowest BCUT2D eigenvalue weighted by Gasteiger charge is -2.28. The maximum atomic E-state index is 11.3. The third-order valence-corrected chi connectivity index (χ3v) is 3.63. The zero-order chi connectivity index (χ0) is 13.3. The minimum atomic E-state index is -0.865. The van der Waals surface area contributed by atoms with Gasteiger partial charge in [-0.25, -0.2) is 4.79 Å². The average Bonchev–Trinajstić information content (AvgIpc) is 2.75. The molecule has 0 aromatic carbocycles. The van der Waals surface area contributed by atoms with E-state index in [-0.39, 0.29) is 12.0 Å². The van der Waals surface area contributed by atoms with Crippen molar-refractivity contribution < 1.29 is 9.90 Å². The topological polar surface area (TPSA) is 58.4 Å². The van der Waals surface area contributed by atoms with E-state index in [0.29, 0.717) is 5.56 Å². The fourth-order valence-corrected chi connectivity index (χ4v) is 2.42. The maximum Gasteiger partial charge on any atom is 0.339 e. The Morgan fingerprint density at radius 2 is 2.06 bits per heavy atom. The number of hydrogen-bond acceptors (Lipinski definition) is 3. The molecule has 2 heterocycles. The molecule has 0 radical (unpaired) electrons. The minimum Gasteiger partial charge on any atom is -0.478 e. The van der Waals surface area contributed by atoms with Gasteiger partial charge in [-0.15, -0.1) is 0 Å². The summed E-state index contributed by atoms with van der Waals surface area (Å²) in [5.74, 6) is -0.580. The van der Waals surface area contributed by atoms with Crippen molar-refractivity contribution in [2.45, 2.75) is 38.6 Å². The molecule has 1 aliphatic rings. The Balaban J connectivity index is 2.28. The van der Waals surface area contributed by atoms with Gasteiger partial charge in [0.25, 0.3) is 0 Å². The van der Waals surface area contributed by atoms with Crippen LogP contribution in [0.1, 0.15) is 54.7 Å². The molecule has 1 aromatic heterocycles. The summed E-state index contributed by atoms with van der Waals surface area (Å²) in [5, 5.41) is 13.8. The van der Waals surface area contributed by atoms with Gasteiger partial charge in [0.2, 0.25) is 0 Å². The van der Waals surface area contributed by atoms with Gasteiger partial charge >= 0.3 is 5.97 Å². The summed E-state index contributed by atoms with van der Waals surface area (Å²) in [5.41, 5.74) is 1.14. The predicted molar refractivity (Wildman–Crippen MR) is 69.0 cm³/mol. The predicted octanol–water partition coefficient (Wildman–Crippen LogP) is 1.97. The minimum absolute atomic E-state index is 0.197. The van der Waals surface area contributed by atoms with E-state index in [4.69, 9.17) is 0 Å². The number of carbonyl (C=O) groups is 1. The van der Waals surface area contributed by atoms with Crippen molar-refractivity contribution in [3.05, 3.63) is 17.5 Å². The van der Waals surface area contributed by atoms with Crippen molar-refractivity contribution in [2.75, 3.05) is 20.1 Å². The van der Waals surface area contributed by atoms with Crippen LogP contribution in [0.3, 0.4) is 0 Å². The largest absolute Gasteiger partial charge is 0.478 e. The number of hydrogen-bond donors (Lipinski definition) is 1. The van der Waals surface area contributed by atoms with Crippen LogP contribution in [0.4, 0.5) is 0 Å². The van der Waals surface area contributed by atoms with Crippen molar-refractivity contribution in [3.8, 4) is 0 Å². The van der Waals surface area contributed by atoms with Crippen molar-refractivity contribution in [2.24, 2.45) is 0 Å². The lowest BCUT2D eigenvalue weighted by molar-refractivity contribution is 0.0694. The van der Waals surface area contributed by atoms with E-state index >= 15 is 0 Å². The van der Waals surface area contributed by atoms with E-state index in [0.717, 1.165) is 31.6 Å². The Labute approximate surface area is 107 Å². The molecule has 0 aliphatic carbocycles. The first kappa shape index (κ1) is 13.1. The van der Waals surface area contributed by atoms with Gasteiger partial charge in [0.05, 0.1) is 5.69 Å². The van der Waals surface area contributed by atoms with Gasteiger partial charge in [0.1, 0.15) is 5.56 Å². The fraction of sp³-hybridized carbons (Fsp3) is 0.692. The molecule has 5 heteroatoms. The fourth-order valence-electron chi connectivity index (χ4n) is 2.42. The summed E-state index contributed by atoms with van der Waals surface area (Å²) in [6, 6.07) is 0.197. The molecule has 1 saturated heterocycles. The third kappa shape index (κ3) is 2.56. The average molecular weight is 251 g/mol. The summed E-state index contributed by atoms with van der Waals surface area (Å²) >= 11 is 0. The Kier molecular flexibility index (Phi) is 3.71. The highest BCUT2D eigenvalue weighted by molar-refractivity contribution is 5.88. The number of likely N-dealkylation sites (tertiary alicyclic amines) is 1. The summed E-state index contributed by atoms with van der Waals surface area (Å²) in [4.78, 5) is 13.6. The Morgan fingerprint density at radius 3 is 2.56 bits per heavy atom. The lowest BCUT2D eigenvalue weighted by Crippen LogP contribution is -2.30. The molecule has 0 amide bonds. The Bertz CT molecular complexity index is 431.